The number of nitrogens with zero attached hydrogens (tertiary/aromatic N) is 1. The quantitative estimate of drug-likeness (QED) is 0.193. The van der Waals surface area contributed by atoms with E-state index in [0.29, 0.717) is 17.8 Å². The van der Waals surface area contributed by atoms with Crippen molar-refractivity contribution in [2.45, 2.75) is 39.8 Å². The first-order valence-electron chi connectivity index (χ1n) is 6.96. The second-order valence-electron chi connectivity index (χ2n) is 4.37. The minimum absolute atomic E-state index is 0.161. The van der Waals surface area contributed by atoms with Crippen LogP contribution in [-0.2, 0) is 4.79 Å². The Kier molecular flexibility index (Phi) is 12.6. The Morgan fingerprint density at radius 2 is 1.82 bits per heavy atom. The van der Waals surface area contributed by atoms with Gasteiger partial charge in [0, 0.05) is 17.6 Å². The molecule has 0 fully saturated rings. The highest BCUT2D eigenvalue weighted by Gasteiger charge is 2.11. The van der Waals surface area contributed by atoms with Gasteiger partial charge >= 0.3 is 5.97 Å². The predicted octanol–water partition coefficient (Wildman–Crippen LogP) is 0.896. The average molecular weight is 317 g/mol. The Bertz CT molecular complexity index is 417. The van der Waals surface area contributed by atoms with Crippen LogP contribution in [0.25, 0.3) is 0 Å². The largest absolute Gasteiger partial charge is 0.477 e. The lowest BCUT2D eigenvalue weighted by Crippen LogP contribution is -2.33. The number of nitrogens with two attached hydrogens (primary N) is 4. The lowest BCUT2D eigenvalue weighted by Gasteiger charge is -2.17. The molecule has 0 aromatic carbocycles. The van der Waals surface area contributed by atoms with Gasteiger partial charge in [0.15, 0.2) is 0 Å². The molecule has 0 aliphatic heterocycles. The van der Waals surface area contributed by atoms with Gasteiger partial charge in [-0.1, -0.05) is 13.8 Å². The van der Waals surface area contributed by atoms with E-state index in [1.54, 1.807) is 19.1 Å². The van der Waals surface area contributed by atoms with Crippen LogP contribution in [0.4, 0.5) is 4.39 Å². The first-order chi connectivity index (χ1) is 10.2. The minimum Gasteiger partial charge on any atom is -0.477 e. The number of rotatable bonds is 8. The van der Waals surface area contributed by atoms with E-state index >= 15 is 0 Å². The third-order valence-corrected chi connectivity index (χ3v) is 2.27. The molecule has 0 rings (SSSR count). The van der Waals surface area contributed by atoms with Gasteiger partial charge in [0.1, 0.15) is 11.9 Å². The molecule has 0 aromatic heterocycles. The molecular weight excluding hydrogens is 289 g/mol. The van der Waals surface area contributed by atoms with Gasteiger partial charge in [0.25, 0.3) is 0 Å². The number of hydrogen-bond donors (Lipinski definition) is 5. The van der Waals surface area contributed by atoms with Crippen molar-refractivity contribution in [2.75, 3.05) is 6.54 Å². The first kappa shape index (κ1) is 22.1. The Morgan fingerprint density at radius 1 is 1.27 bits per heavy atom. The average Bonchev–Trinajstić information content (AvgIpc) is 2.44. The molecule has 0 bridgehead atoms. The van der Waals surface area contributed by atoms with Gasteiger partial charge < -0.3 is 27.3 Å². The van der Waals surface area contributed by atoms with Crippen LogP contribution < -0.4 is 23.0 Å². The predicted molar refractivity (Wildman–Crippen MR) is 86.5 cm³/mol. The summed E-state index contributed by atoms with van der Waals surface area (Å²) in [6, 6.07) is 0. The topological polar surface area (TPSA) is 145 Å². The monoisotopic (exact) mass is 317 g/mol. The summed E-state index contributed by atoms with van der Waals surface area (Å²) < 4.78 is 13.6. The molecule has 0 aliphatic carbocycles. The molecule has 1 unspecified atom stereocenters. The van der Waals surface area contributed by atoms with Crippen LogP contribution in [0, 0.1) is 0 Å². The molecule has 128 valence electrons. The van der Waals surface area contributed by atoms with Gasteiger partial charge in [-0.2, -0.15) is 0 Å². The van der Waals surface area contributed by atoms with Crippen LogP contribution in [0.5, 0.6) is 0 Å². The van der Waals surface area contributed by atoms with Crippen LogP contribution >= 0.6 is 0 Å². The van der Waals surface area contributed by atoms with Crippen molar-refractivity contribution in [3.63, 3.8) is 0 Å². The number of hydrogen-bond acceptors (Lipinski definition) is 6. The Hall–Kier alpha value is -2.22. The molecule has 1 atom stereocenters. The van der Waals surface area contributed by atoms with E-state index in [1.165, 1.54) is 0 Å². The second kappa shape index (κ2) is 12.5. The molecule has 7 nitrogen and oxygen atoms in total. The molecule has 8 heteroatoms. The summed E-state index contributed by atoms with van der Waals surface area (Å²) in [6.45, 7) is 5.54. The van der Waals surface area contributed by atoms with Crippen molar-refractivity contribution in [2.24, 2.45) is 23.0 Å². The Morgan fingerprint density at radius 3 is 2.27 bits per heavy atom. The number of carbonyl (C=O) groups is 1. The molecule has 9 N–H and O–H groups in total. The number of hydrazine groups is 1. The number of aliphatic carboxylic acids is 1. The zero-order valence-electron chi connectivity index (χ0n) is 13.4. The fraction of sp³-hybridized carbons (Fsp3) is 0.500. The summed E-state index contributed by atoms with van der Waals surface area (Å²) in [4.78, 5) is 10.5. The van der Waals surface area contributed by atoms with E-state index in [2.05, 4.69) is 0 Å². The Labute approximate surface area is 131 Å². The Balaban J connectivity index is 0. The molecule has 0 radical (unpaired) electrons. The number of allylic oxidation sites excluding steroid dienone is 4. The maximum absolute atomic E-state index is 13.6. The highest BCUT2D eigenvalue weighted by Crippen LogP contribution is 2.08. The summed E-state index contributed by atoms with van der Waals surface area (Å²) >= 11 is 0. The van der Waals surface area contributed by atoms with Gasteiger partial charge in [0.05, 0.1) is 6.54 Å². The van der Waals surface area contributed by atoms with Gasteiger partial charge in [-0.15, -0.1) is 0 Å². The van der Waals surface area contributed by atoms with Gasteiger partial charge in [-0.25, -0.2) is 15.0 Å². The van der Waals surface area contributed by atoms with E-state index in [0.717, 1.165) is 11.2 Å². The summed E-state index contributed by atoms with van der Waals surface area (Å²) in [5, 5.41) is 9.44. The maximum atomic E-state index is 13.6. The second-order valence-corrected chi connectivity index (χ2v) is 4.37. The summed E-state index contributed by atoms with van der Waals surface area (Å²) in [5.41, 5.74) is 16.9. The van der Waals surface area contributed by atoms with Crippen LogP contribution in [-0.4, -0.2) is 28.8 Å². The van der Waals surface area contributed by atoms with E-state index in [1.807, 2.05) is 13.8 Å². The molecule has 0 spiro atoms. The molecule has 0 saturated carbocycles. The SMILES string of the molecule is C/C(N)=C/C=C(\N)CCC(F)CN(N)/C=C(\N)C(=O)O.CC. The molecule has 0 amide bonds. The molecular formula is C14H28FN5O2. The number of alkyl halides is 1. The highest BCUT2D eigenvalue weighted by molar-refractivity contribution is 5.85. The number of halogens is 1. The fourth-order valence-corrected chi connectivity index (χ4v) is 1.25. The van der Waals surface area contributed by atoms with Crippen molar-refractivity contribution >= 4 is 5.97 Å². The van der Waals surface area contributed by atoms with Gasteiger partial charge in [0.2, 0.25) is 0 Å². The zero-order valence-corrected chi connectivity index (χ0v) is 13.4. The van der Waals surface area contributed by atoms with Crippen LogP contribution in [0.2, 0.25) is 0 Å². The molecule has 0 heterocycles. The van der Waals surface area contributed by atoms with Gasteiger partial charge in [-0.3, -0.25) is 0 Å². The number of carboxylic acids is 1. The van der Waals surface area contributed by atoms with Crippen LogP contribution in [0.15, 0.2) is 35.4 Å². The third-order valence-electron chi connectivity index (χ3n) is 2.27. The molecule has 0 aliphatic rings. The number of carboxylic acid groups (broad SMARTS) is 1. The van der Waals surface area contributed by atoms with Crippen LogP contribution in [0.1, 0.15) is 33.6 Å². The van der Waals surface area contributed by atoms with Gasteiger partial charge in [-0.05, 0) is 31.9 Å². The lowest BCUT2D eigenvalue weighted by atomic mass is 10.1. The maximum Gasteiger partial charge on any atom is 0.353 e. The van der Waals surface area contributed by atoms with Crippen LogP contribution in [0.3, 0.4) is 0 Å². The van der Waals surface area contributed by atoms with E-state index in [9.17, 15) is 9.18 Å². The van der Waals surface area contributed by atoms with Crippen molar-refractivity contribution in [1.29, 1.82) is 0 Å². The van der Waals surface area contributed by atoms with Crippen molar-refractivity contribution in [1.82, 2.24) is 5.01 Å². The van der Waals surface area contributed by atoms with E-state index < -0.39 is 17.8 Å². The molecule has 22 heavy (non-hydrogen) atoms. The smallest absolute Gasteiger partial charge is 0.353 e. The summed E-state index contributed by atoms with van der Waals surface area (Å²) in [7, 11) is 0. The normalized spacial score (nSPS) is 14.0. The lowest BCUT2D eigenvalue weighted by molar-refractivity contribution is -0.132. The summed E-state index contributed by atoms with van der Waals surface area (Å²) in [6.07, 6.45) is 3.46. The third kappa shape index (κ3) is 12.8. The van der Waals surface area contributed by atoms with Crippen molar-refractivity contribution in [3.8, 4) is 0 Å². The first-order valence-corrected chi connectivity index (χ1v) is 6.96. The molecule has 0 aromatic rings. The molecule has 0 saturated heterocycles. The highest BCUT2D eigenvalue weighted by atomic mass is 19.1. The van der Waals surface area contributed by atoms with E-state index in [-0.39, 0.29) is 13.0 Å². The van der Waals surface area contributed by atoms with Crippen molar-refractivity contribution in [3.05, 3.63) is 35.4 Å². The van der Waals surface area contributed by atoms with E-state index in [4.69, 9.17) is 28.2 Å². The minimum atomic E-state index is -1.31. The summed E-state index contributed by atoms with van der Waals surface area (Å²) in [5.74, 6) is 4.11. The standard InChI is InChI=1S/C12H22FN5O2.C2H6/c1-8(14)2-4-10(15)5-3-9(13)6-18(17)7-11(16)12(19)20;1-2/h2,4,7,9H,3,5-6,14-17H2,1H3,(H,19,20);1-2H3/b8-2-,10-4-,11-7-;. The van der Waals surface area contributed by atoms with Crippen molar-refractivity contribution < 1.29 is 14.3 Å². The fourth-order valence-electron chi connectivity index (χ4n) is 1.25. The zero-order chi connectivity index (χ0) is 17.7.